The maximum atomic E-state index is 12.7. The van der Waals surface area contributed by atoms with Crippen molar-refractivity contribution in [1.29, 1.82) is 0 Å². The molecular formula is C18H18N2O3. The summed E-state index contributed by atoms with van der Waals surface area (Å²) >= 11 is 0. The van der Waals surface area contributed by atoms with E-state index in [1.807, 2.05) is 37.3 Å². The molecule has 0 fully saturated rings. The van der Waals surface area contributed by atoms with Crippen LogP contribution in [0.5, 0.6) is 5.75 Å². The lowest BCUT2D eigenvalue weighted by molar-refractivity contribution is -0.118. The molecule has 5 heteroatoms. The van der Waals surface area contributed by atoms with Crippen molar-refractivity contribution < 1.29 is 14.3 Å². The first-order chi connectivity index (χ1) is 11.1. The quantitative estimate of drug-likeness (QED) is 0.948. The molecule has 1 heterocycles. The number of anilines is 1. The molecule has 0 saturated heterocycles. The Morgan fingerprint density at radius 1 is 1.22 bits per heavy atom. The number of hydrogen-bond donors (Lipinski definition) is 1. The van der Waals surface area contributed by atoms with Crippen LogP contribution in [-0.2, 0) is 4.79 Å². The lowest BCUT2D eigenvalue weighted by Gasteiger charge is -2.26. The largest absolute Gasteiger partial charge is 0.482 e. The van der Waals surface area contributed by atoms with Crippen molar-refractivity contribution in [2.45, 2.75) is 13.0 Å². The summed E-state index contributed by atoms with van der Waals surface area (Å²) in [5.41, 5.74) is 2.20. The van der Waals surface area contributed by atoms with Crippen LogP contribution in [0.3, 0.4) is 0 Å². The van der Waals surface area contributed by atoms with Crippen molar-refractivity contribution in [1.82, 2.24) is 4.90 Å². The van der Waals surface area contributed by atoms with Crippen LogP contribution in [0.4, 0.5) is 5.69 Å². The number of carbonyl (C=O) groups excluding carboxylic acids is 2. The Labute approximate surface area is 134 Å². The summed E-state index contributed by atoms with van der Waals surface area (Å²) < 4.78 is 5.37. The minimum atomic E-state index is -0.189. The number of fused-ring (bicyclic) bond motifs is 1. The van der Waals surface area contributed by atoms with Gasteiger partial charge in [0.15, 0.2) is 6.61 Å². The van der Waals surface area contributed by atoms with Crippen molar-refractivity contribution in [3.63, 3.8) is 0 Å². The van der Waals surface area contributed by atoms with E-state index in [0.717, 1.165) is 5.56 Å². The fourth-order valence-corrected chi connectivity index (χ4v) is 2.54. The van der Waals surface area contributed by atoms with Gasteiger partial charge in [0, 0.05) is 12.6 Å². The van der Waals surface area contributed by atoms with Gasteiger partial charge in [-0.2, -0.15) is 0 Å². The molecule has 0 unspecified atom stereocenters. The molecule has 0 radical (unpaired) electrons. The van der Waals surface area contributed by atoms with Crippen LogP contribution >= 0.6 is 0 Å². The fraction of sp³-hybridized carbons (Fsp3) is 0.222. The van der Waals surface area contributed by atoms with E-state index < -0.39 is 0 Å². The van der Waals surface area contributed by atoms with Crippen LogP contribution in [0.25, 0.3) is 0 Å². The van der Waals surface area contributed by atoms with Gasteiger partial charge in [-0.25, -0.2) is 0 Å². The van der Waals surface area contributed by atoms with Crippen molar-refractivity contribution in [2.75, 3.05) is 19.0 Å². The summed E-state index contributed by atoms with van der Waals surface area (Å²) in [6, 6.07) is 14.9. The highest BCUT2D eigenvalue weighted by atomic mass is 16.5. The van der Waals surface area contributed by atoms with Crippen LogP contribution in [0.15, 0.2) is 48.5 Å². The maximum Gasteiger partial charge on any atom is 0.262 e. The molecule has 1 aliphatic rings. The number of amides is 2. The molecule has 0 aromatic heterocycles. The second kappa shape index (κ2) is 6.12. The van der Waals surface area contributed by atoms with Crippen molar-refractivity contribution in [3.8, 4) is 5.75 Å². The molecule has 23 heavy (non-hydrogen) atoms. The molecule has 5 nitrogen and oxygen atoms in total. The zero-order chi connectivity index (χ0) is 16.4. The van der Waals surface area contributed by atoms with E-state index >= 15 is 0 Å². The molecule has 2 amide bonds. The van der Waals surface area contributed by atoms with Gasteiger partial charge in [-0.1, -0.05) is 30.3 Å². The molecule has 2 aromatic rings. The van der Waals surface area contributed by atoms with Crippen LogP contribution in [0.1, 0.15) is 28.9 Å². The van der Waals surface area contributed by atoms with E-state index in [2.05, 4.69) is 5.32 Å². The van der Waals surface area contributed by atoms with Crippen molar-refractivity contribution in [2.24, 2.45) is 0 Å². The van der Waals surface area contributed by atoms with Crippen molar-refractivity contribution >= 4 is 17.5 Å². The average Bonchev–Trinajstić information content (AvgIpc) is 2.60. The molecule has 1 atom stereocenters. The SMILES string of the molecule is C[C@H](c1ccccc1)N(C)C(=O)c1ccc2c(c1)OCC(=O)N2. The number of ether oxygens (including phenoxy) is 1. The summed E-state index contributed by atoms with van der Waals surface area (Å²) in [7, 11) is 1.78. The van der Waals surface area contributed by atoms with Crippen LogP contribution in [0, 0.1) is 0 Å². The van der Waals surface area contributed by atoms with Crippen LogP contribution < -0.4 is 10.1 Å². The minimum absolute atomic E-state index is 0.0269. The van der Waals surface area contributed by atoms with E-state index in [-0.39, 0.29) is 24.5 Å². The first-order valence-corrected chi connectivity index (χ1v) is 7.45. The zero-order valence-electron chi connectivity index (χ0n) is 13.1. The van der Waals surface area contributed by atoms with Crippen LogP contribution in [0.2, 0.25) is 0 Å². The number of benzene rings is 2. The molecule has 1 aliphatic heterocycles. The third-order valence-electron chi connectivity index (χ3n) is 4.04. The second-order valence-corrected chi connectivity index (χ2v) is 5.55. The predicted molar refractivity (Wildman–Crippen MR) is 87.5 cm³/mol. The summed E-state index contributed by atoms with van der Waals surface area (Å²) in [5.74, 6) is 0.243. The van der Waals surface area contributed by atoms with E-state index in [1.165, 1.54) is 0 Å². The summed E-state index contributed by atoms with van der Waals surface area (Å²) in [5, 5.41) is 2.72. The molecule has 0 bridgehead atoms. The zero-order valence-corrected chi connectivity index (χ0v) is 13.1. The van der Waals surface area contributed by atoms with Gasteiger partial charge >= 0.3 is 0 Å². The molecule has 118 valence electrons. The molecular weight excluding hydrogens is 292 g/mol. The topological polar surface area (TPSA) is 58.6 Å². The van der Waals surface area contributed by atoms with Gasteiger partial charge in [0.2, 0.25) is 0 Å². The van der Waals surface area contributed by atoms with Gasteiger partial charge in [0.05, 0.1) is 11.7 Å². The molecule has 1 N–H and O–H groups in total. The lowest BCUT2D eigenvalue weighted by Crippen LogP contribution is -2.30. The third-order valence-corrected chi connectivity index (χ3v) is 4.04. The summed E-state index contributed by atoms with van der Waals surface area (Å²) in [6.45, 7) is 1.96. The standard InChI is InChI=1S/C18H18N2O3/c1-12(13-6-4-3-5-7-13)20(2)18(22)14-8-9-15-16(10-14)23-11-17(21)19-15/h3-10,12H,11H2,1-2H3,(H,19,21)/t12-/m1/s1. The highest BCUT2D eigenvalue weighted by molar-refractivity contribution is 5.99. The van der Waals surface area contributed by atoms with Gasteiger partial charge in [-0.15, -0.1) is 0 Å². The Balaban J connectivity index is 1.81. The van der Waals surface area contributed by atoms with Gasteiger partial charge in [-0.05, 0) is 30.7 Å². The Morgan fingerprint density at radius 2 is 1.96 bits per heavy atom. The molecule has 0 saturated carbocycles. The Kier molecular flexibility index (Phi) is 4.02. The smallest absolute Gasteiger partial charge is 0.262 e. The molecule has 2 aromatic carbocycles. The average molecular weight is 310 g/mol. The Morgan fingerprint density at radius 3 is 2.70 bits per heavy atom. The first kappa shape index (κ1) is 15.1. The number of nitrogens with one attached hydrogen (secondary N) is 1. The van der Waals surface area contributed by atoms with Crippen molar-refractivity contribution in [3.05, 3.63) is 59.7 Å². The number of carbonyl (C=O) groups is 2. The van der Waals surface area contributed by atoms with E-state index in [1.54, 1.807) is 30.1 Å². The highest BCUT2D eigenvalue weighted by Crippen LogP contribution is 2.30. The van der Waals surface area contributed by atoms with Gasteiger partial charge in [-0.3, -0.25) is 9.59 Å². The van der Waals surface area contributed by atoms with Gasteiger partial charge in [0.1, 0.15) is 5.75 Å². The third kappa shape index (κ3) is 3.04. The Hall–Kier alpha value is -2.82. The number of hydrogen-bond acceptors (Lipinski definition) is 3. The fourth-order valence-electron chi connectivity index (χ4n) is 2.54. The number of rotatable bonds is 3. The van der Waals surface area contributed by atoms with E-state index in [0.29, 0.717) is 17.0 Å². The van der Waals surface area contributed by atoms with E-state index in [4.69, 9.17) is 4.74 Å². The van der Waals surface area contributed by atoms with Crippen LogP contribution in [-0.4, -0.2) is 30.4 Å². The maximum absolute atomic E-state index is 12.7. The molecule has 3 rings (SSSR count). The molecule has 0 aliphatic carbocycles. The summed E-state index contributed by atoms with van der Waals surface area (Å²) in [4.78, 5) is 25.7. The highest BCUT2D eigenvalue weighted by Gasteiger charge is 2.22. The Bertz CT molecular complexity index is 743. The molecule has 0 spiro atoms. The van der Waals surface area contributed by atoms with Gasteiger partial charge < -0.3 is 15.0 Å². The predicted octanol–water partition coefficient (Wildman–Crippen LogP) is 2.85. The normalized spacial score (nSPS) is 14.3. The second-order valence-electron chi connectivity index (χ2n) is 5.55. The first-order valence-electron chi connectivity index (χ1n) is 7.45. The minimum Gasteiger partial charge on any atom is -0.482 e. The lowest BCUT2D eigenvalue weighted by atomic mass is 10.1. The monoisotopic (exact) mass is 310 g/mol. The van der Waals surface area contributed by atoms with E-state index in [9.17, 15) is 9.59 Å². The number of nitrogens with zero attached hydrogens (tertiary/aromatic N) is 1. The van der Waals surface area contributed by atoms with Gasteiger partial charge in [0.25, 0.3) is 11.8 Å². The summed E-state index contributed by atoms with van der Waals surface area (Å²) in [6.07, 6.45) is 0.